The van der Waals surface area contributed by atoms with Gasteiger partial charge >= 0.3 is 0 Å². The standard InChI is InChI=1S/C13H28N2/c1-11(2)10-15-7-5-13(6-8-15)9-12(3)14-4/h11-14H,5-10H2,1-4H3. The second-order valence-corrected chi connectivity index (χ2v) is 5.56. The number of hydrogen-bond acceptors (Lipinski definition) is 2. The highest BCUT2D eigenvalue weighted by atomic mass is 15.1. The molecule has 1 N–H and O–H groups in total. The van der Waals surface area contributed by atoms with Crippen LogP contribution in [0.25, 0.3) is 0 Å². The van der Waals surface area contributed by atoms with Crippen LogP contribution >= 0.6 is 0 Å². The van der Waals surface area contributed by atoms with E-state index in [1.54, 1.807) is 0 Å². The summed E-state index contributed by atoms with van der Waals surface area (Å²) in [6.45, 7) is 10.8. The predicted octanol–water partition coefficient (Wildman–Crippen LogP) is 2.35. The molecule has 1 saturated heterocycles. The number of rotatable bonds is 5. The second kappa shape index (κ2) is 6.49. The maximum Gasteiger partial charge on any atom is 0.00383 e. The van der Waals surface area contributed by atoms with Crippen LogP contribution in [-0.2, 0) is 0 Å². The first kappa shape index (κ1) is 13.0. The molecule has 2 nitrogen and oxygen atoms in total. The van der Waals surface area contributed by atoms with Gasteiger partial charge in [-0.1, -0.05) is 13.8 Å². The maximum absolute atomic E-state index is 3.34. The van der Waals surface area contributed by atoms with Crippen molar-refractivity contribution in [3.63, 3.8) is 0 Å². The zero-order valence-electron chi connectivity index (χ0n) is 10.9. The molecule has 1 rings (SSSR count). The van der Waals surface area contributed by atoms with Crippen LogP contribution in [0.4, 0.5) is 0 Å². The summed E-state index contributed by atoms with van der Waals surface area (Å²) in [6, 6.07) is 0.687. The normalized spacial score (nSPS) is 22.2. The van der Waals surface area contributed by atoms with Crippen LogP contribution in [0.1, 0.15) is 40.0 Å². The lowest BCUT2D eigenvalue weighted by molar-refractivity contribution is 0.158. The van der Waals surface area contributed by atoms with Gasteiger partial charge < -0.3 is 10.2 Å². The Bertz CT molecular complexity index is 160. The molecule has 0 aromatic rings. The van der Waals surface area contributed by atoms with Gasteiger partial charge in [0.25, 0.3) is 0 Å². The molecule has 2 heteroatoms. The molecule has 0 aromatic carbocycles. The zero-order chi connectivity index (χ0) is 11.3. The highest BCUT2D eigenvalue weighted by molar-refractivity contribution is 4.75. The Hall–Kier alpha value is -0.0800. The van der Waals surface area contributed by atoms with Crippen LogP contribution in [0.5, 0.6) is 0 Å². The van der Waals surface area contributed by atoms with E-state index in [0.29, 0.717) is 6.04 Å². The molecule has 0 bridgehead atoms. The second-order valence-electron chi connectivity index (χ2n) is 5.56. The molecule has 1 atom stereocenters. The summed E-state index contributed by atoms with van der Waals surface area (Å²) in [5.41, 5.74) is 0. The highest BCUT2D eigenvalue weighted by Gasteiger charge is 2.20. The molecular weight excluding hydrogens is 184 g/mol. The van der Waals surface area contributed by atoms with E-state index in [1.165, 1.54) is 38.9 Å². The maximum atomic E-state index is 3.34. The summed E-state index contributed by atoms with van der Waals surface area (Å²) in [5.74, 6) is 1.77. The number of nitrogens with zero attached hydrogens (tertiary/aromatic N) is 1. The van der Waals surface area contributed by atoms with Gasteiger partial charge in [-0.15, -0.1) is 0 Å². The topological polar surface area (TPSA) is 15.3 Å². The van der Waals surface area contributed by atoms with Crippen molar-refractivity contribution >= 4 is 0 Å². The Labute approximate surface area is 95.4 Å². The molecular formula is C13H28N2. The summed E-state index contributed by atoms with van der Waals surface area (Å²) >= 11 is 0. The summed E-state index contributed by atoms with van der Waals surface area (Å²) in [5, 5.41) is 3.34. The van der Waals surface area contributed by atoms with Crippen molar-refractivity contribution in [1.82, 2.24) is 10.2 Å². The van der Waals surface area contributed by atoms with Crippen molar-refractivity contribution in [2.45, 2.75) is 46.1 Å². The fourth-order valence-corrected chi connectivity index (χ4v) is 2.54. The average Bonchev–Trinajstić information content (AvgIpc) is 2.20. The van der Waals surface area contributed by atoms with Gasteiger partial charge in [-0.25, -0.2) is 0 Å². The van der Waals surface area contributed by atoms with Gasteiger partial charge in [0.15, 0.2) is 0 Å². The molecule has 1 heterocycles. The molecule has 0 aliphatic carbocycles. The molecule has 0 aromatic heterocycles. The van der Waals surface area contributed by atoms with Crippen molar-refractivity contribution in [2.75, 3.05) is 26.7 Å². The van der Waals surface area contributed by atoms with E-state index < -0.39 is 0 Å². The average molecular weight is 212 g/mol. The van der Waals surface area contributed by atoms with Crippen LogP contribution in [0, 0.1) is 11.8 Å². The Morgan fingerprint density at radius 2 is 1.80 bits per heavy atom. The Morgan fingerprint density at radius 3 is 2.27 bits per heavy atom. The van der Waals surface area contributed by atoms with Crippen LogP contribution in [0.3, 0.4) is 0 Å². The fourth-order valence-electron chi connectivity index (χ4n) is 2.54. The molecule has 1 unspecified atom stereocenters. The molecule has 0 saturated carbocycles. The van der Waals surface area contributed by atoms with E-state index in [-0.39, 0.29) is 0 Å². The Balaban J connectivity index is 2.18. The minimum atomic E-state index is 0.687. The molecule has 90 valence electrons. The summed E-state index contributed by atoms with van der Waals surface area (Å²) in [7, 11) is 2.07. The van der Waals surface area contributed by atoms with Crippen molar-refractivity contribution in [3.05, 3.63) is 0 Å². The predicted molar refractivity (Wildman–Crippen MR) is 67.1 cm³/mol. The third-order valence-corrected chi connectivity index (χ3v) is 3.51. The molecule has 1 fully saturated rings. The van der Waals surface area contributed by atoms with Crippen molar-refractivity contribution in [3.8, 4) is 0 Å². The van der Waals surface area contributed by atoms with E-state index in [0.717, 1.165) is 11.8 Å². The molecule has 1 aliphatic heterocycles. The highest BCUT2D eigenvalue weighted by Crippen LogP contribution is 2.22. The zero-order valence-corrected chi connectivity index (χ0v) is 10.9. The summed E-state index contributed by atoms with van der Waals surface area (Å²) in [4.78, 5) is 2.63. The third-order valence-electron chi connectivity index (χ3n) is 3.51. The molecule has 0 amide bonds. The van der Waals surface area contributed by atoms with Crippen LogP contribution in [0.15, 0.2) is 0 Å². The number of piperidine rings is 1. The fraction of sp³-hybridized carbons (Fsp3) is 1.00. The van der Waals surface area contributed by atoms with E-state index in [4.69, 9.17) is 0 Å². The molecule has 0 radical (unpaired) electrons. The minimum Gasteiger partial charge on any atom is -0.317 e. The van der Waals surface area contributed by atoms with E-state index in [2.05, 4.69) is 38.0 Å². The third kappa shape index (κ3) is 4.98. The lowest BCUT2D eigenvalue weighted by Crippen LogP contribution is -2.37. The van der Waals surface area contributed by atoms with Gasteiger partial charge in [-0.05, 0) is 58.2 Å². The molecule has 15 heavy (non-hydrogen) atoms. The van der Waals surface area contributed by atoms with Crippen molar-refractivity contribution in [2.24, 2.45) is 11.8 Å². The van der Waals surface area contributed by atoms with Gasteiger partial charge in [0.05, 0.1) is 0 Å². The van der Waals surface area contributed by atoms with Gasteiger partial charge in [0, 0.05) is 12.6 Å². The largest absolute Gasteiger partial charge is 0.317 e. The summed E-state index contributed by atoms with van der Waals surface area (Å²) in [6.07, 6.45) is 4.16. The first-order valence-electron chi connectivity index (χ1n) is 6.51. The van der Waals surface area contributed by atoms with Gasteiger partial charge in [0.1, 0.15) is 0 Å². The first-order valence-corrected chi connectivity index (χ1v) is 6.51. The lowest BCUT2D eigenvalue weighted by atomic mass is 9.90. The van der Waals surface area contributed by atoms with E-state index in [9.17, 15) is 0 Å². The number of nitrogens with one attached hydrogen (secondary N) is 1. The number of hydrogen-bond donors (Lipinski definition) is 1. The molecule has 1 aliphatic rings. The Kier molecular flexibility index (Phi) is 5.62. The van der Waals surface area contributed by atoms with Crippen LogP contribution in [-0.4, -0.2) is 37.6 Å². The van der Waals surface area contributed by atoms with Crippen molar-refractivity contribution < 1.29 is 0 Å². The molecule has 0 spiro atoms. The minimum absolute atomic E-state index is 0.687. The smallest absolute Gasteiger partial charge is 0.00383 e. The van der Waals surface area contributed by atoms with Gasteiger partial charge in [-0.3, -0.25) is 0 Å². The quantitative estimate of drug-likeness (QED) is 0.752. The van der Waals surface area contributed by atoms with E-state index in [1.807, 2.05) is 0 Å². The van der Waals surface area contributed by atoms with Gasteiger partial charge in [0.2, 0.25) is 0 Å². The monoisotopic (exact) mass is 212 g/mol. The van der Waals surface area contributed by atoms with Crippen LogP contribution in [0.2, 0.25) is 0 Å². The van der Waals surface area contributed by atoms with E-state index >= 15 is 0 Å². The SMILES string of the molecule is CNC(C)CC1CCN(CC(C)C)CC1. The summed E-state index contributed by atoms with van der Waals surface area (Å²) < 4.78 is 0. The van der Waals surface area contributed by atoms with Crippen molar-refractivity contribution in [1.29, 1.82) is 0 Å². The van der Waals surface area contributed by atoms with Gasteiger partial charge in [-0.2, -0.15) is 0 Å². The number of likely N-dealkylation sites (tertiary alicyclic amines) is 1. The Morgan fingerprint density at radius 1 is 1.20 bits per heavy atom. The lowest BCUT2D eigenvalue weighted by Gasteiger charge is -2.33. The van der Waals surface area contributed by atoms with Crippen LogP contribution < -0.4 is 5.32 Å². The first-order chi connectivity index (χ1) is 7.11.